The fraction of sp³-hybridized carbons (Fsp3) is 0.0208. The van der Waals surface area contributed by atoms with Crippen molar-refractivity contribution >= 4 is 69.3 Å². The predicted molar refractivity (Wildman–Crippen MR) is 224 cm³/mol. The molecule has 0 saturated heterocycles. The largest absolute Gasteiger partial charge is 0.324 e. The van der Waals surface area contributed by atoms with E-state index in [1.807, 2.05) is 84.9 Å². The highest BCUT2D eigenvalue weighted by atomic mass is 32.2. The number of rotatable bonds is 10. The standard InChI is InChI=1S/C48H33N3O5S/c52-43-37-24-9-10-25-38(37)44(53)42-39(43)26-13-27-40(42)50-48(56)45(31-15-3-1-4-16-31)57-35-22-12-21-34(29-35)49-47(55)41(51-46(54)32-17-5-2-6-18-32)28-33-20-11-19-30-14-7-8-23-36(30)33/h1-29,45H,(H,49,55)(H,50,56)(H,51,54)/b41-28+. The zero-order valence-electron chi connectivity index (χ0n) is 30.3. The summed E-state index contributed by atoms with van der Waals surface area (Å²) in [5.74, 6) is -2.00. The normalized spacial score (nSPS) is 12.6. The molecule has 1 unspecified atom stereocenters. The van der Waals surface area contributed by atoms with Crippen LogP contribution in [0.4, 0.5) is 11.4 Å². The summed E-state index contributed by atoms with van der Waals surface area (Å²) in [4.78, 5) is 69.3. The van der Waals surface area contributed by atoms with Gasteiger partial charge in [-0.25, -0.2) is 0 Å². The van der Waals surface area contributed by atoms with Gasteiger partial charge in [0, 0.05) is 32.8 Å². The first kappa shape index (κ1) is 36.6. The molecule has 9 heteroatoms. The molecule has 276 valence electrons. The van der Waals surface area contributed by atoms with Gasteiger partial charge in [0.1, 0.15) is 10.9 Å². The third kappa shape index (κ3) is 7.78. The number of fused-ring (bicyclic) bond motifs is 3. The SMILES string of the molecule is O=C(Nc1cccc(SC(C(=O)Nc2cccc3c2C(=O)c2ccccc2C3=O)c2ccccc2)c1)/C(=C\c1cccc2ccccc12)NC(=O)c1ccccc1. The maximum absolute atomic E-state index is 14.2. The number of hydrogen-bond acceptors (Lipinski definition) is 6. The summed E-state index contributed by atoms with van der Waals surface area (Å²) in [6.45, 7) is 0. The lowest BCUT2D eigenvalue weighted by molar-refractivity contribution is -0.116. The molecule has 0 fully saturated rings. The van der Waals surface area contributed by atoms with Crippen LogP contribution in [0.2, 0.25) is 0 Å². The molecule has 1 aliphatic rings. The second kappa shape index (κ2) is 16.2. The minimum atomic E-state index is -0.790. The van der Waals surface area contributed by atoms with Crippen molar-refractivity contribution in [2.24, 2.45) is 0 Å². The van der Waals surface area contributed by atoms with Gasteiger partial charge >= 0.3 is 0 Å². The van der Waals surface area contributed by atoms with Crippen LogP contribution in [0.15, 0.2) is 180 Å². The van der Waals surface area contributed by atoms with Crippen LogP contribution in [0.1, 0.15) is 58.6 Å². The van der Waals surface area contributed by atoms with Gasteiger partial charge in [0.2, 0.25) is 5.91 Å². The first-order valence-electron chi connectivity index (χ1n) is 18.2. The molecular weight excluding hydrogens is 731 g/mol. The Morgan fingerprint density at radius 2 is 1.21 bits per heavy atom. The predicted octanol–water partition coefficient (Wildman–Crippen LogP) is 9.50. The molecular formula is C48H33N3O5S. The average molecular weight is 764 g/mol. The number of amides is 3. The lowest BCUT2D eigenvalue weighted by Crippen LogP contribution is -2.30. The van der Waals surface area contributed by atoms with Crippen LogP contribution in [0.5, 0.6) is 0 Å². The van der Waals surface area contributed by atoms with Gasteiger partial charge in [-0.2, -0.15) is 0 Å². The molecule has 0 heterocycles. The van der Waals surface area contributed by atoms with E-state index in [0.717, 1.165) is 16.3 Å². The maximum atomic E-state index is 14.2. The van der Waals surface area contributed by atoms with Crippen LogP contribution in [0.3, 0.4) is 0 Å². The molecule has 1 atom stereocenters. The number of carbonyl (C=O) groups excluding carboxylic acids is 5. The number of carbonyl (C=O) groups is 5. The highest BCUT2D eigenvalue weighted by molar-refractivity contribution is 8.00. The van der Waals surface area contributed by atoms with Gasteiger partial charge in [0.15, 0.2) is 11.6 Å². The van der Waals surface area contributed by atoms with Crippen LogP contribution in [-0.4, -0.2) is 29.3 Å². The van der Waals surface area contributed by atoms with E-state index in [-0.39, 0.29) is 34.1 Å². The maximum Gasteiger partial charge on any atom is 0.272 e. The van der Waals surface area contributed by atoms with E-state index >= 15 is 0 Å². The molecule has 0 radical (unpaired) electrons. The van der Waals surface area contributed by atoms with Crippen molar-refractivity contribution in [3.05, 3.63) is 214 Å². The molecule has 7 aromatic carbocycles. The van der Waals surface area contributed by atoms with Crippen molar-refractivity contribution < 1.29 is 24.0 Å². The summed E-state index contributed by atoms with van der Waals surface area (Å²) in [6, 6.07) is 50.0. The second-order valence-electron chi connectivity index (χ2n) is 13.3. The molecule has 8 rings (SSSR count). The van der Waals surface area contributed by atoms with Gasteiger partial charge in [0.25, 0.3) is 11.8 Å². The van der Waals surface area contributed by atoms with Crippen molar-refractivity contribution in [1.82, 2.24) is 5.32 Å². The first-order chi connectivity index (χ1) is 27.8. The molecule has 7 aromatic rings. The summed E-state index contributed by atoms with van der Waals surface area (Å²) in [5, 5.41) is 9.81. The Balaban J connectivity index is 1.07. The lowest BCUT2D eigenvalue weighted by Gasteiger charge is -2.22. The molecule has 0 bridgehead atoms. The number of hydrogen-bond donors (Lipinski definition) is 3. The molecule has 1 aliphatic carbocycles. The summed E-state index contributed by atoms with van der Waals surface area (Å²) >= 11 is 1.26. The Bertz CT molecular complexity index is 2740. The van der Waals surface area contributed by atoms with Crippen LogP contribution in [0, 0.1) is 0 Å². The van der Waals surface area contributed by atoms with E-state index in [2.05, 4.69) is 16.0 Å². The highest BCUT2D eigenvalue weighted by Gasteiger charge is 2.33. The van der Waals surface area contributed by atoms with Crippen molar-refractivity contribution in [3.63, 3.8) is 0 Å². The zero-order chi connectivity index (χ0) is 39.3. The minimum absolute atomic E-state index is 0.0432. The Morgan fingerprint density at radius 3 is 2.00 bits per heavy atom. The van der Waals surface area contributed by atoms with Crippen LogP contribution >= 0.6 is 11.8 Å². The summed E-state index contributed by atoms with van der Waals surface area (Å²) < 4.78 is 0. The highest BCUT2D eigenvalue weighted by Crippen LogP contribution is 2.39. The van der Waals surface area contributed by atoms with E-state index < -0.39 is 23.0 Å². The number of benzene rings is 7. The average Bonchev–Trinajstić information content (AvgIpc) is 3.25. The molecule has 3 amide bonds. The second-order valence-corrected chi connectivity index (χ2v) is 14.4. The van der Waals surface area contributed by atoms with E-state index in [0.29, 0.717) is 32.8 Å². The molecule has 0 aliphatic heterocycles. The Hall–Kier alpha value is -7.36. The van der Waals surface area contributed by atoms with Crippen LogP contribution < -0.4 is 16.0 Å². The first-order valence-corrected chi connectivity index (χ1v) is 19.0. The molecule has 0 aromatic heterocycles. The topological polar surface area (TPSA) is 121 Å². The number of thioether (sulfide) groups is 1. The monoisotopic (exact) mass is 763 g/mol. The molecule has 57 heavy (non-hydrogen) atoms. The number of ketones is 2. The van der Waals surface area contributed by atoms with E-state index in [4.69, 9.17) is 0 Å². The van der Waals surface area contributed by atoms with E-state index in [9.17, 15) is 24.0 Å². The fourth-order valence-electron chi connectivity index (χ4n) is 6.80. The Kier molecular flexibility index (Phi) is 10.4. The minimum Gasteiger partial charge on any atom is -0.324 e. The quantitative estimate of drug-likeness (QED) is 0.0943. The van der Waals surface area contributed by atoms with Gasteiger partial charge in [-0.15, -0.1) is 11.8 Å². The van der Waals surface area contributed by atoms with Crippen LogP contribution in [0.25, 0.3) is 16.8 Å². The smallest absolute Gasteiger partial charge is 0.272 e. The lowest BCUT2D eigenvalue weighted by atomic mass is 9.83. The van der Waals surface area contributed by atoms with Crippen molar-refractivity contribution in [3.8, 4) is 0 Å². The van der Waals surface area contributed by atoms with Gasteiger partial charge < -0.3 is 16.0 Å². The summed E-state index contributed by atoms with van der Waals surface area (Å²) in [7, 11) is 0. The number of nitrogens with one attached hydrogen (secondary N) is 3. The molecule has 0 saturated carbocycles. The third-order valence-corrected chi connectivity index (χ3v) is 10.8. The van der Waals surface area contributed by atoms with Gasteiger partial charge in [-0.3, -0.25) is 24.0 Å². The van der Waals surface area contributed by atoms with Crippen molar-refractivity contribution in [2.45, 2.75) is 10.1 Å². The van der Waals surface area contributed by atoms with Crippen molar-refractivity contribution in [2.75, 3.05) is 10.6 Å². The number of anilines is 2. The third-order valence-electron chi connectivity index (χ3n) is 9.55. The molecule has 8 nitrogen and oxygen atoms in total. The molecule has 0 spiro atoms. The summed E-state index contributed by atoms with van der Waals surface area (Å²) in [6.07, 6.45) is 1.66. The van der Waals surface area contributed by atoms with Crippen molar-refractivity contribution in [1.29, 1.82) is 0 Å². The fourth-order valence-corrected chi connectivity index (χ4v) is 7.89. The summed E-state index contributed by atoms with van der Waals surface area (Å²) in [5.41, 5.74) is 3.60. The zero-order valence-corrected chi connectivity index (χ0v) is 31.1. The Morgan fingerprint density at radius 1 is 0.579 bits per heavy atom. The van der Waals surface area contributed by atoms with E-state index in [1.54, 1.807) is 91.0 Å². The van der Waals surface area contributed by atoms with Gasteiger partial charge in [-0.05, 0) is 64.4 Å². The molecule has 3 N–H and O–H groups in total. The van der Waals surface area contributed by atoms with Gasteiger partial charge in [-0.1, -0.05) is 133 Å². The Labute approximate surface area is 332 Å². The van der Waals surface area contributed by atoms with Gasteiger partial charge in [0.05, 0.1) is 11.3 Å². The van der Waals surface area contributed by atoms with Crippen LogP contribution in [-0.2, 0) is 9.59 Å². The van der Waals surface area contributed by atoms with E-state index in [1.165, 1.54) is 11.8 Å².